The molecule has 2 aliphatic heterocycles. The predicted molar refractivity (Wildman–Crippen MR) is 86.4 cm³/mol. The van der Waals surface area contributed by atoms with Crippen molar-refractivity contribution in [1.29, 1.82) is 0 Å². The van der Waals surface area contributed by atoms with Gasteiger partial charge in [0.05, 0.1) is 17.4 Å². The Labute approximate surface area is 137 Å². The summed E-state index contributed by atoms with van der Waals surface area (Å²) >= 11 is 0. The Bertz CT molecular complexity index is 581. The Hall–Kier alpha value is -1.11. The predicted octanol–water partition coefficient (Wildman–Crippen LogP) is 0.717. The van der Waals surface area contributed by atoms with Gasteiger partial charge in [0, 0.05) is 25.0 Å². The number of sulfone groups is 1. The van der Waals surface area contributed by atoms with Crippen molar-refractivity contribution in [2.24, 2.45) is 11.8 Å². The molecule has 0 bridgehead atoms. The molecule has 0 aromatic rings. The van der Waals surface area contributed by atoms with Crippen molar-refractivity contribution in [3.05, 3.63) is 0 Å². The second-order valence-electron chi connectivity index (χ2n) is 7.47. The number of nitrogens with zero attached hydrogens (tertiary/aromatic N) is 1. The fourth-order valence-electron chi connectivity index (χ4n) is 4.00. The van der Waals surface area contributed by atoms with Crippen molar-refractivity contribution in [2.45, 2.75) is 57.5 Å². The molecule has 7 heteroatoms. The molecule has 1 N–H and O–H groups in total. The van der Waals surface area contributed by atoms with E-state index in [1.165, 1.54) is 0 Å². The van der Waals surface area contributed by atoms with Crippen LogP contribution in [-0.4, -0.2) is 55.3 Å². The van der Waals surface area contributed by atoms with E-state index in [0.717, 1.165) is 31.6 Å². The zero-order chi connectivity index (χ0) is 16.6. The molecular weight excluding hydrogens is 316 g/mol. The largest absolute Gasteiger partial charge is 0.353 e. The molecule has 3 fully saturated rings. The summed E-state index contributed by atoms with van der Waals surface area (Å²) in [5, 5.41) is 3.09. The third kappa shape index (κ3) is 3.87. The Morgan fingerprint density at radius 1 is 1.17 bits per heavy atom. The van der Waals surface area contributed by atoms with Gasteiger partial charge in [-0.1, -0.05) is 6.92 Å². The fourth-order valence-corrected chi connectivity index (χ4v) is 5.74. The lowest BCUT2D eigenvalue weighted by Gasteiger charge is -2.28. The molecule has 1 saturated carbocycles. The van der Waals surface area contributed by atoms with Crippen LogP contribution >= 0.6 is 0 Å². The van der Waals surface area contributed by atoms with Crippen molar-refractivity contribution in [3.8, 4) is 0 Å². The molecule has 1 aliphatic carbocycles. The first-order chi connectivity index (χ1) is 10.8. The minimum Gasteiger partial charge on any atom is -0.353 e. The minimum atomic E-state index is -3.02. The monoisotopic (exact) mass is 342 g/mol. The molecule has 0 unspecified atom stereocenters. The Kier molecular flexibility index (Phi) is 4.67. The lowest BCUT2D eigenvalue weighted by molar-refractivity contribution is -0.130. The van der Waals surface area contributed by atoms with Crippen LogP contribution in [0.25, 0.3) is 0 Å². The van der Waals surface area contributed by atoms with Gasteiger partial charge < -0.3 is 10.2 Å². The Morgan fingerprint density at radius 2 is 1.87 bits per heavy atom. The van der Waals surface area contributed by atoms with E-state index >= 15 is 0 Å². The average Bonchev–Trinajstić information content (AvgIpc) is 3.04. The van der Waals surface area contributed by atoms with Crippen molar-refractivity contribution >= 4 is 21.7 Å². The second-order valence-corrected chi connectivity index (χ2v) is 9.70. The number of carbonyl (C=O) groups excluding carboxylic acids is 2. The minimum absolute atomic E-state index is 0.0405. The molecule has 2 saturated heterocycles. The number of rotatable bonds is 3. The SMILES string of the molecule is CC1CCC(NC(=O)[C@@H]2CC(=O)N([C@H]3CCS(=O)(=O)C3)C2)CC1. The summed E-state index contributed by atoms with van der Waals surface area (Å²) in [6.07, 6.45) is 5.02. The Balaban J connectivity index is 1.54. The molecule has 0 spiro atoms. The van der Waals surface area contributed by atoms with Crippen LogP contribution in [0.3, 0.4) is 0 Å². The molecule has 23 heavy (non-hydrogen) atoms. The highest BCUT2D eigenvalue weighted by Crippen LogP contribution is 2.27. The number of likely N-dealkylation sites (tertiary alicyclic amines) is 1. The van der Waals surface area contributed by atoms with E-state index < -0.39 is 9.84 Å². The summed E-state index contributed by atoms with van der Waals surface area (Å²) in [7, 11) is -3.02. The summed E-state index contributed by atoms with van der Waals surface area (Å²) in [5.74, 6) is 0.485. The highest BCUT2D eigenvalue weighted by Gasteiger charge is 2.42. The highest BCUT2D eigenvalue weighted by molar-refractivity contribution is 7.91. The number of hydrogen-bond acceptors (Lipinski definition) is 4. The lowest BCUT2D eigenvalue weighted by atomic mass is 9.87. The molecule has 0 radical (unpaired) electrons. The topological polar surface area (TPSA) is 83.6 Å². The third-order valence-electron chi connectivity index (χ3n) is 5.54. The third-order valence-corrected chi connectivity index (χ3v) is 7.29. The van der Waals surface area contributed by atoms with Crippen LogP contribution in [0.4, 0.5) is 0 Å². The molecule has 130 valence electrons. The molecule has 3 aliphatic rings. The lowest BCUT2D eigenvalue weighted by Crippen LogP contribution is -2.42. The van der Waals surface area contributed by atoms with Crippen LogP contribution in [0.5, 0.6) is 0 Å². The van der Waals surface area contributed by atoms with Gasteiger partial charge in [0.25, 0.3) is 0 Å². The maximum absolute atomic E-state index is 12.4. The zero-order valence-corrected chi connectivity index (χ0v) is 14.5. The smallest absolute Gasteiger partial charge is 0.225 e. The van der Waals surface area contributed by atoms with E-state index in [0.29, 0.717) is 13.0 Å². The summed E-state index contributed by atoms with van der Waals surface area (Å²) in [6, 6.07) is -0.00413. The molecule has 2 amide bonds. The Morgan fingerprint density at radius 3 is 2.48 bits per heavy atom. The van der Waals surface area contributed by atoms with E-state index in [1.54, 1.807) is 4.90 Å². The van der Waals surface area contributed by atoms with Crippen LogP contribution in [-0.2, 0) is 19.4 Å². The summed E-state index contributed by atoms with van der Waals surface area (Å²) < 4.78 is 23.2. The van der Waals surface area contributed by atoms with E-state index in [-0.39, 0.29) is 47.7 Å². The van der Waals surface area contributed by atoms with Crippen LogP contribution in [0.15, 0.2) is 0 Å². The quantitative estimate of drug-likeness (QED) is 0.819. The molecular formula is C16H26N2O4S. The first kappa shape index (κ1) is 16.7. The van der Waals surface area contributed by atoms with Gasteiger partial charge in [0.1, 0.15) is 0 Å². The van der Waals surface area contributed by atoms with Gasteiger partial charge in [0.15, 0.2) is 9.84 Å². The van der Waals surface area contributed by atoms with E-state index in [2.05, 4.69) is 12.2 Å². The summed E-state index contributed by atoms with van der Waals surface area (Å²) in [4.78, 5) is 26.2. The maximum Gasteiger partial charge on any atom is 0.225 e. The first-order valence-corrected chi connectivity index (χ1v) is 10.5. The molecule has 2 heterocycles. The molecule has 2 atom stereocenters. The fraction of sp³-hybridized carbons (Fsp3) is 0.875. The summed E-state index contributed by atoms with van der Waals surface area (Å²) in [5.41, 5.74) is 0. The molecule has 0 aromatic heterocycles. The second kappa shape index (κ2) is 6.42. The van der Waals surface area contributed by atoms with Gasteiger partial charge >= 0.3 is 0 Å². The van der Waals surface area contributed by atoms with Crippen LogP contribution < -0.4 is 5.32 Å². The average molecular weight is 342 g/mol. The number of nitrogens with one attached hydrogen (secondary N) is 1. The van der Waals surface area contributed by atoms with Gasteiger partial charge in [0.2, 0.25) is 11.8 Å². The van der Waals surface area contributed by atoms with E-state index in [1.807, 2.05) is 0 Å². The number of amides is 2. The first-order valence-electron chi connectivity index (χ1n) is 8.64. The molecule has 0 aromatic carbocycles. The van der Waals surface area contributed by atoms with Gasteiger partial charge in [-0.2, -0.15) is 0 Å². The van der Waals surface area contributed by atoms with Crippen molar-refractivity contribution in [1.82, 2.24) is 10.2 Å². The van der Waals surface area contributed by atoms with Gasteiger partial charge in [-0.15, -0.1) is 0 Å². The van der Waals surface area contributed by atoms with Crippen molar-refractivity contribution in [2.75, 3.05) is 18.1 Å². The normalized spacial score (nSPS) is 37.1. The standard InChI is InChI=1S/C16H26N2O4S/c1-11-2-4-13(5-3-11)17-16(20)12-8-15(19)18(9-12)14-6-7-23(21,22)10-14/h11-14H,2-10H2,1H3,(H,17,20)/t11?,12-,13?,14+/m1/s1. The molecule has 6 nitrogen and oxygen atoms in total. The number of carbonyl (C=O) groups is 2. The number of hydrogen-bond donors (Lipinski definition) is 1. The summed E-state index contributed by atoms with van der Waals surface area (Å²) in [6.45, 7) is 2.61. The van der Waals surface area contributed by atoms with Crippen molar-refractivity contribution < 1.29 is 18.0 Å². The maximum atomic E-state index is 12.4. The molecule has 3 rings (SSSR count). The van der Waals surface area contributed by atoms with Crippen LogP contribution in [0, 0.1) is 11.8 Å². The van der Waals surface area contributed by atoms with Crippen LogP contribution in [0.1, 0.15) is 45.4 Å². The van der Waals surface area contributed by atoms with Crippen molar-refractivity contribution in [3.63, 3.8) is 0 Å². The van der Waals surface area contributed by atoms with E-state index in [9.17, 15) is 18.0 Å². The highest BCUT2D eigenvalue weighted by atomic mass is 32.2. The van der Waals surface area contributed by atoms with Gasteiger partial charge in [-0.05, 0) is 38.0 Å². The van der Waals surface area contributed by atoms with Gasteiger partial charge in [-0.3, -0.25) is 9.59 Å². The van der Waals surface area contributed by atoms with E-state index in [4.69, 9.17) is 0 Å². The zero-order valence-electron chi connectivity index (χ0n) is 13.7. The van der Waals surface area contributed by atoms with Gasteiger partial charge in [-0.25, -0.2) is 8.42 Å². The van der Waals surface area contributed by atoms with Crippen LogP contribution in [0.2, 0.25) is 0 Å².